The van der Waals surface area contributed by atoms with Crippen LogP contribution in [0, 0.1) is 13.8 Å². The van der Waals surface area contributed by atoms with Gasteiger partial charge in [-0.2, -0.15) is 0 Å². The van der Waals surface area contributed by atoms with Crippen molar-refractivity contribution in [1.82, 2.24) is 4.98 Å². The highest BCUT2D eigenvalue weighted by Crippen LogP contribution is 2.31. The number of methoxy groups -OCH3 is 1. The minimum atomic E-state index is -1.08. The first-order valence-electron chi connectivity index (χ1n) is 9.32. The Morgan fingerprint density at radius 2 is 1.90 bits per heavy atom. The number of H-pyrrole nitrogens is 1. The maximum Gasteiger partial charge on any atom is 0.339 e. The van der Waals surface area contributed by atoms with Crippen molar-refractivity contribution in [2.75, 3.05) is 18.2 Å². The lowest BCUT2D eigenvalue weighted by Crippen LogP contribution is -2.25. The van der Waals surface area contributed by atoms with E-state index in [1.54, 1.807) is 32.0 Å². The van der Waals surface area contributed by atoms with Crippen LogP contribution in [0.25, 0.3) is 0 Å². The first-order valence-corrected chi connectivity index (χ1v) is 10.3. The number of carbonyl (C=O) groups excluding carboxylic acids is 4. The normalized spacial score (nSPS) is 14.2. The molecule has 3 rings (SSSR count). The number of hydrogen-bond acceptors (Lipinski definition) is 7. The summed E-state index contributed by atoms with van der Waals surface area (Å²) in [5.74, 6) is -1.14. The Balaban J connectivity index is 1.77. The number of Topliss-reactive ketones (excluding diaryl/α,β-unsaturated/α-hetero) is 1. The fraction of sp³-hybridized carbons (Fsp3) is 0.333. The van der Waals surface area contributed by atoms with E-state index in [0.29, 0.717) is 34.7 Å². The van der Waals surface area contributed by atoms with Crippen molar-refractivity contribution in [3.8, 4) is 0 Å². The number of aromatic nitrogens is 1. The fourth-order valence-electron chi connectivity index (χ4n) is 3.24. The molecule has 0 bridgehead atoms. The van der Waals surface area contributed by atoms with Crippen molar-refractivity contribution in [3.05, 3.63) is 46.3 Å². The molecule has 2 heterocycles. The van der Waals surface area contributed by atoms with E-state index in [-0.39, 0.29) is 17.2 Å². The van der Waals surface area contributed by atoms with Gasteiger partial charge in [-0.1, -0.05) is 0 Å². The van der Waals surface area contributed by atoms with Gasteiger partial charge in [0.15, 0.2) is 6.10 Å². The van der Waals surface area contributed by atoms with Crippen LogP contribution in [0.5, 0.6) is 0 Å². The van der Waals surface area contributed by atoms with E-state index in [0.717, 1.165) is 4.90 Å². The maximum absolute atomic E-state index is 12.8. The second-order valence-electron chi connectivity index (χ2n) is 6.89. The summed E-state index contributed by atoms with van der Waals surface area (Å²) >= 11 is 1.53. The molecular formula is C21H22N2O6S. The Hall–Kier alpha value is -3.07. The van der Waals surface area contributed by atoms with Crippen LogP contribution in [-0.2, 0) is 14.3 Å². The lowest BCUT2D eigenvalue weighted by molar-refractivity contribution is -0.115. The minimum absolute atomic E-state index is 0.116. The van der Waals surface area contributed by atoms with Gasteiger partial charge in [0.2, 0.25) is 11.7 Å². The van der Waals surface area contributed by atoms with Crippen LogP contribution in [-0.4, -0.2) is 47.6 Å². The first-order chi connectivity index (χ1) is 14.2. The summed E-state index contributed by atoms with van der Waals surface area (Å²) in [5.41, 5.74) is 2.20. The second-order valence-corrected chi connectivity index (χ2v) is 8.02. The third kappa shape index (κ3) is 4.25. The van der Waals surface area contributed by atoms with Crippen molar-refractivity contribution >= 4 is 41.1 Å². The van der Waals surface area contributed by atoms with E-state index in [1.165, 1.54) is 25.8 Å². The average molecular weight is 430 g/mol. The molecule has 1 aromatic carbocycles. The van der Waals surface area contributed by atoms with Crippen LogP contribution >= 0.6 is 11.8 Å². The minimum Gasteiger partial charge on any atom is -0.465 e. The molecule has 0 radical (unpaired) electrons. The fourth-order valence-corrected chi connectivity index (χ4v) is 4.17. The van der Waals surface area contributed by atoms with Gasteiger partial charge in [-0.15, -0.1) is 11.8 Å². The van der Waals surface area contributed by atoms with E-state index < -0.39 is 23.8 Å². The third-order valence-corrected chi connectivity index (χ3v) is 5.88. The Morgan fingerprint density at radius 1 is 1.17 bits per heavy atom. The van der Waals surface area contributed by atoms with Gasteiger partial charge >= 0.3 is 11.9 Å². The molecule has 0 fully saturated rings. The molecule has 9 heteroatoms. The van der Waals surface area contributed by atoms with Gasteiger partial charge in [0, 0.05) is 22.8 Å². The molecule has 158 valence electrons. The number of nitrogens with one attached hydrogen (secondary N) is 2. The molecule has 0 spiro atoms. The lowest BCUT2D eigenvalue weighted by Gasteiger charge is -2.13. The van der Waals surface area contributed by atoms with Gasteiger partial charge in [-0.25, -0.2) is 9.59 Å². The first kappa shape index (κ1) is 21.6. The van der Waals surface area contributed by atoms with Crippen LogP contribution in [0.3, 0.4) is 0 Å². The number of hydrogen-bond donors (Lipinski definition) is 2. The number of rotatable bonds is 5. The molecule has 8 nitrogen and oxygen atoms in total. The summed E-state index contributed by atoms with van der Waals surface area (Å²) in [4.78, 5) is 52.8. The number of ether oxygens (including phenoxy) is 2. The number of benzene rings is 1. The van der Waals surface area contributed by atoms with Crippen LogP contribution in [0.1, 0.15) is 55.8 Å². The summed E-state index contributed by atoms with van der Waals surface area (Å²) in [7, 11) is 1.27. The zero-order chi connectivity index (χ0) is 22.0. The molecule has 2 N–H and O–H groups in total. The van der Waals surface area contributed by atoms with Gasteiger partial charge in [-0.05, 0) is 44.5 Å². The van der Waals surface area contributed by atoms with Gasteiger partial charge in [-0.3, -0.25) is 9.59 Å². The van der Waals surface area contributed by atoms with Crippen LogP contribution in [0.15, 0.2) is 23.1 Å². The average Bonchev–Trinajstić information content (AvgIpc) is 2.88. The van der Waals surface area contributed by atoms with Crippen LogP contribution < -0.4 is 5.32 Å². The van der Waals surface area contributed by atoms with E-state index in [4.69, 9.17) is 9.47 Å². The summed E-state index contributed by atoms with van der Waals surface area (Å²) in [6, 6.07) is 4.89. The van der Waals surface area contributed by atoms with E-state index in [2.05, 4.69) is 10.3 Å². The summed E-state index contributed by atoms with van der Waals surface area (Å²) in [6.45, 7) is 4.76. The van der Waals surface area contributed by atoms with Gasteiger partial charge in [0.1, 0.15) is 0 Å². The molecule has 1 aliphatic rings. The molecule has 0 unspecified atom stereocenters. The predicted octanol–water partition coefficient (Wildman–Crippen LogP) is 3.28. The summed E-state index contributed by atoms with van der Waals surface area (Å²) in [5, 5.41) is 2.77. The number of thioether (sulfide) groups is 1. The molecule has 2 aromatic rings. The summed E-state index contributed by atoms with van der Waals surface area (Å²) in [6.07, 6.45) is -0.685. The SMILES string of the molecule is COC(=O)c1c(C)[nH]c(C(=O)[C@@H](C)OC(=O)c2ccc3c(c2)NC(=O)CCS3)c1C. The standard InChI is InChI=1S/C21H22N2O6S/c1-10-17(21(27)28-4)11(2)22-18(10)19(25)12(3)29-20(26)13-5-6-15-14(9-13)23-16(24)7-8-30-15/h5-6,9,12,22H,7-8H2,1-4H3,(H,23,24)/t12-/m1/s1. The molecule has 0 saturated heterocycles. The topological polar surface area (TPSA) is 115 Å². The molecule has 1 atom stereocenters. The van der Waals surface area contributed by atoms with Gasteiger partial charge in [0.25, 0.3) is 0 Å². The second kappa shape index (κ2) is 8.74. The number of carbonyl (C=O) groups is 4. The van der Waals surface area contributed by atoms with Crippen molar-refractivity contribution in [2.45, 2.75) is 38.2 Å². The number of aryl methyl sites for hydroxylation is 1. The van der Waals surface area contributed by atoms with Crippen molar-refractivity contribution in [2.24, 2.45) is 0 Å². The number of esters is 2. The highest BCUT2D eigenvalue weighted by molar-refractivity contribution is 7.99. The number of aromatic amines is 1. The number of amides is 1. The van der Waals surface area contributed by atoms with Gasteiger partial charge < -0.3 is 19.8 Å². The molecule has 1 aromatic heterocycles. The molecule has 30 heavy (non-hydrogen) atoms. The van der Waals surface area contributed by atoms with E-state index in [9.17, 15) is 19.2 Å². The van der Waals surface area contributed by atoms with Crippen molar-refractivity contribution in [3.63, 3.8) is 0 Å². The Morgan fingerprint density at radius 3 is 2.60 bits per heavy atom. The van der Waals surface area contributed by atoms with Crippen molar-refractivity contribution in [1.29, 1.82) is 0 Å². The molecule has 1 aliphatic heterocycles. The highest BCUT2D eigenvalue weighted by atomic mass is 32.2. The monoisotopic (exact) mass is 430 g/mol. The zero-order valence-corrected chi connectivity index (χ0v) is 17.9. The highest BCUT2D eigenvalue weighted by Gasteiger charge is 2.28. The number of ketones is 1. The maximum atomic E-state index is 12.8. The van der Waals surface area contributed by atoms with Crippen molar-refractivity contribution < 1.29 is 28.7 Å². The Labute approximate surface area is 177 Å². The van der Waals surface area contributed by atoms with Gasteiger partial charge in [0.05, 0.1) is 29.6 Å². The Kier molecular flexibility index (Phi) is 6.31. The predicted molar refractivity (Wildman–Crippen MR) is 111 cm³/mol. The van der Waals surface area contributed by atoms with Crippen LogP contribution in [0.4, 0.5) is 5.69 Å². The van der Waals surface area contributed by atoms with Crippen LogP contribution in [0.2, 0.25) is 0 Å². The zero-order valence-electron chi connectivity index (χ0n) is 17.1. The molecule has 0 aliphatic carbocycles. The number of anilines is 1. The Bertz CT molecular complexity index is 1040. The quantitative estimate of drug-likeness (QED) is 0.553. The largest absolute Gasteiger partial charge is 0.465 e. The third-order valence-electron chi connectivity index (χ3n) is 4.80. The van der Waals surface area contributed by atoms with E-state index in [1.807, 2.05) is 0 Å². The molecule has 0 saturated carbocycles. The molecule has 1 amide bonds. The smallest absolute Gasteiger partial charge is 0.339 e. The summed E-state index contributed by atoms with van der Waals surface area (Å²) < 4.78 is 10.1. The number of fused-ring (bicyclic) bond motifs is 1. The lowest BCUT2D eigenvalue weighted by atomic mass is 10.1. The molecular weight excluding hydrogens is 408 g/mol. The van der Waals surface area contributed by atoms with E-state index >= 15 is 0 Å².